The first kappa shape index (κ1) is 12.0. The number of rotatable bonds is 2. The molecule has 1 aromatic heterocycles. The molecule has 2 rings (SSSR count). The summed E-state index contributed by atoms with van der Waals surface area (Å²) in [5, 5.41) is 10.3. The van der Waals surface area contributed by atoms with Gasteiger partial charge in [-0.15, -0.1) is 0 Å². The van der Waals surface area contributed by atoms with Gasteiger partial charge in [-0.2, -0.15) is 0 Å². The maximum Gasteiger partial charge on any atom is 0.129 e. The van der Waals surface area contributed by atoms with E-state index in [2.05, 4.69) is 4.98 Å². The van der Waals surface area contributed by atoms with Crippen molar-refractivity contribution in [1.82, 2.24) is 4.98 Å². The van der Waals surface area contributed by atoms with Crippen LogP contribution in [0.2, 0.25) is 5.02 Å². The third-order valence-corrected chi connectivity index (χ3v) is 2.51. The molecule has 5 heteroatoms. The Labute approximate surface area is 102 Å². The molecule has 2 aromatic rings. The van der Waals surface area contributed by atoms with Crippen LogP contribution in [0.4, 0.5) is 8.78 Å². The van der Waals surface area contributed by atoms with E-state index in [-0.39, 0.29) is 11.3 Å². The third-order valence-electron chi connectivity index (χ3n) is 2.28. The summed E-state index contributed by atoms with van der Waals surface area (Å²) in [6.45, 7) is 0. The zero-order chi connectivity index (χ0) is 12.4. The van der Waals surface area contributed by atoms with Crippen molar-refractivity contribution in [1.29, 1.82) is 0 Å². The second-order valence-corrected chi connectivity index (χ2v) is 3.91. The smallest absolute Gasteiger partial charge is 0.129 e. The van der Waals surface area contributed by atoms with Crippen LogP contribution in [0.3, 0.4) is 0 Å². The van der Waals surface area contributed by atoms with E-state index in [4.69, 9.17) is 11.6 Å². The van der Waals surface area contributed by atoms with Gasteiger partial charge >= 0.3 is 0 Å². The number of pyridine rings is 1. The monoisotopic (exact) mass is 255 g/mol. The first-order valence-electron chi connectivity index (χ1n) is 4.82. The van der Waals surface area contributed by atoms with E-state index in [1.165, 1.54) is 18.3 Å². The lowest BCUT2D eigenvalue weighted by atomic mass is 10.1. The molecule has 0 aliphatic carbocycles. The Balaban J connectivity index is 2.39. The quantitative estimate of drug-likeness (QED) is 0.895. The van der Waals surface area contributed by atoms with Gasteiger partial charge in [0.05, 0.1) is 10.7 Å². The molecule has 1 atom stereocenters. The molecule has 1 heterocycles. The first-order valence-corrected chi connectivity index (χ1v) is 5.20. The molecule has 0 saturated carbocycles. The van der Waals surface area contributed by atoms with Crippen LogP contribution in [0, 0.1) is 11.6 Å². The van der Waals surface area contributed by atoms with Crippen molar-refractivity contribution in [3.8, 4) is 0 Å². The minimum atomic E-state index is -1.32. The largest absolute Gasteiger partial charge is 0.382 e. The van der Waals surface area contributed by atoms with E-state index in [0.29, 0.717) is 5.02 Å². The highest BCUT2D eigenvalue weighted by atomic mass is 35.5. The number of aliphatic hydroxyl groups is 1. The van der Waals surface area contributed by atoms with Gasteiger partial charge in [-0.05, 0) is 30.3 Å². The van der Waals surface area contributed by atoms with E-state index in [0.717, 1.165) is 18.2 Å². The average Bonchev–Trinajstić information content (AvgIpc) is 2.32. The molecule has 1 aromatic carbocycles. The van der Waals surface area contributed by atoms with Crippen LogP contribution < -0.4 is 0 Å². The molecule has 0 radical (unpaired) electrons. The molecular formula is C12H8ClF2NO. The van der Waals surface area contributed by atoms with Crippen molar-refractivity contribution in [2.45, 2.75) is 6.10 Å². The Kier molecular flexibility index (Phi) is 3.36. The van der Waals surface area contributed by atoms with Crippen LogP contribution in [0.1, 0.15) is 17.4 Å². The van der Waals surface area contributed by atoms with Gasteiger partial charge in [0, 0.05) is 11.8 Å². The standard InChI is InChI=1S/C12H8ClF2NO/c13-7-1-4-11(16-6-7)12(17)9-5-8(14)2-3-10(9)15/h1-6,12,17H. The normalized spacial score (nSPS) is 12.5. The highest BCUT2D eigenvalue weighted by Crippen LogP contribution is 2.24. The molecule has 2 nitrogen and oxygen atoms in total. The van der Waals surface area contributed by atoms with Crippen molar-refractivity contribution < 1.29 is 13.9 Å². The molecule has 0 amide bonds. The number of halogens is 3. The third kappa shape index (κ3) is 2.60. The van der Waals surface area contributed by atoms with Gasteiger partial charge in [0.25, 0.3) is 0 Å². The Morgan fingerprint density at radius 3 is 2.59 bits per heavy atom. The molecule has 1 unspecified atom stereocenters. The molecular weight excluding hydrogens is 248 g/mol. The van der Waals surface area contributed by atoms with Crippen molar-refractivity contribution in [3.63, 3.8) is 0 Å². The van der Waals surface area contributed by atoms with Gasteiger partial charge in [-0.1, -0.05) is 11.6 Å². The Bertz CT molecular complexity index is 531. The second kappa shape index (κ2) is 4.77. The van der Waals surface area contributed by atoms with E-state index < -0.39 is 17.7 Å². The van der Waals surface area contributed by atoms with E-state index >= 15 is 0 Å². The summed E-state index contributed by atoms with van der Waals surface area (Å²) in [7, 11) is 0. The van der Waals surface area contributed by atoms with Crippen LogP contribution in [-0.2, 0) is 0 Å². The Morgan fingerprint density at radius 2 is 1.94 bits per heavy atom. The molecule has 0 saturated heterocycles. The van der Waals surface area contributed by atoms with Crippen LogP contribution in [0.15, 0.2) is 36.5 Å². The number of benzene rings is 1. The lowest BCUT2D eigenvalue weighted by Crippen LogP contribution is -2.05. The minimum absolute atomic E-state index is 0.153. The molecule has 1 N–H and O–H groups in total. The fourth-order valence-electron chi connectivity index (χ4n) is 1.43. The van der Waals surface area contributed by atoms with Gasteiger partial charge in [0.1, 0.15) is 17.7 Å². The Morgan fingerprint density at radius 1 is 1.18 bits per heavy atom. The van der Waals surface area contributed by atoms with Gasteiger partial charge in [-0.3, -0.25) is 4.98 Å². The summed E-state index contributed by atoms with van der Waals surface area (Å²) in [5.74, 6) is -1.30. The molecule has 0 fully saturated rings. The van der Waals surface area contributed by atoms with Crippen molar-refractivity contribution >= 4 is 11.6 Å². The molecule has 0 bridgehead atoms. The number of hydrogen-bond donors (Lipinski definition) is 1. The van der Waals surface area contributed by atoms with Gasteiger partial charge in [0.15, 0.2) is 0 Å². The minimum Gasteiger partial charge on any atom is -0.382 e. The van der Waals surface area contributed by atoms with Gasteiger partial charge in [-0.25, -0.2) is 8.78 Å². The highest BCUT2D eigenvalue weighted by molar-refractivity contribution is 6.30. The zero-order valence-electron chi connectivity index (χ0n) is 8.57. The van der Waals surface area contributed by atoms with Crippen molar-refractivity contribution in [2.24, 2.45) is 0 Å². The highest BCUT2D eigenvalue weighted by Gasteiger charge is 2.16. The van der Waals surface area contributed by atoms with Crippen molar-refractivity contribution in [3.05, 3.63) is 64.4 Å². The van der Waals surface area contributed by atoms with Crippen LogP contribution >= 0.6 is 11.6 Å². The molecule has 17 heavy (non-hydrogen) atoms. The summed E-state index contributed by atoms with van der Waals surface area (Å²) in [4.78, 5) is 3.85. The summed E-state index contributed by atoms with van der Waals surface area (Å²) in [5.41, 5.74) is 0.0544. The van der Waals surface area contributed by atoms with Crippen LogP contribution in [-0.4, -0.2) is 10.1 Å². The zero-order valence-corrected chi connectivity index (χ0v) is 9.33. The van der Waals surface area contributed by atoms with E-state index in [1.54, 1.807) is 0 Å². The molecule has 88 valence electrons. The van der Waals surface area contributed by atoms with Crippen LogP contribution in [0.5, 0.6) is 0 Å². The number of aromatic nitrogens is 1. The fourth-order valence-corrected chi connectivity index (χ4v) is 1.54. The number of nitrogens with zero attached hydrogens (tertiary/aromatic N) is 1. The van der Waals surface area contributed by atoms with Crippen LogP contribution in [0.25, 0.3) is 0 Å². The van der Waals surface area contributed by atoms with Crippen molar-refractivity contribution in [2.75, 3.05) is 0 Å². The first-order chi connectivity index (χ1) is 8.08. The summed E-state index contributed by atoms with van der Waals surface area (Å²) < 4.78 is 26.4. The fraction of sp³-hybridized carbons (Fsp3) is 0.0833. The lowest BCUT2D eigenvalue weighted by molar-refractivity contribution is 0.209. The maximum atomic E-state index is 13.4. The summed E-state index contributed by atoms with van der Waals surface area (Å²) in [6.07, 6.45) is 0.0140. The summed E-state index contributed by atoms with van der Waals surface area (Å²) >= 11 is 5.64. The maximum absolute atomic E-state index is 13.4. The van der Waals surface area contributed by atoms with Gasteiger partial charge < -0.3 is 5.11 Å². The lowest BCUT2D eigenvalue weighted by Gasteiger charge is -2.11. The predicted octanol–water partition coefficient (Wildman–Crippen LogP) is 3.09. The van der Waals surface area contributed by atoms with Gasteiger partial charge in [0.2, 0.25) is 0 Å². The predicted molar refractivity (Wildman–Crippen MR) is 59.7 cm³/mol. The van der Waals surface area contributed by atoms with E-state index in [9.17, 15) is 13.9 Å². The summed E-state index contributed by atoms with van der Waals surface area (Å²) in [6, 6.07) is 5.86. The molecule has 0 aliphatic heterocycles. The SMILES string of the molecule is OC(c1ccc(Cl)cn1)c1cc(F)ccc1F. The molecule has 0 aliphatic rings. The number of aliphatic hydroxyl groups excluding tert-OH is 1. The average molecular weight is 256 g/mol. The Hall–Kier alpha value is -1.52. The number of hydrogen-bond acceptors (Lipinski definition) is 2. The second-order valence-electron chi connectivity index (χ2n) is 3.47. The molecule has 0 spiro atoms. The topological polar surface area (TPSA) is 33.1 Å². The van der Waals surface area contributed by atoms with E-state index in [1.807, 2.05) is 0 Å².